The van der Waals surface area contributed by atoms with E-state index in [1.165, 1.54) is 23.1 Å². The molecular formula is C20H15ClF3N5O. The minimum absolute atomic E-state index is 0.308. The van der Waals surface area contributed by atoms with Gasteiger partial charge in [0.2, 0.25) is 5.95 Å². The van der Waals surface area contributed by atoms with E-state index in [1.54, 1.807) is 31.2 Å². The topological polar surface area (TPSA) is 71.8 Å². The van der Waals surface area contributed by atoms with Crippen LogP contribution in [-0.2, 0) is 11.0 Å². The fourth-order valence-electron chi connectivity index (χ4n) is 3.28. The quantitative estimate of drug-likeness (QED) is 0.617. The molecule has 6 nitrogen and oxygen atoms in total. The van der Waals surface area contributed by atoms with Gasteiger partial charge in [-0.25, -0.2) is 4.68 Å². The first-order chi connectivity index (χ1) is 14.2. The fraction of sp³-hybridized carbons (Fsp3) is 0.150. The van der Waals surface area contributed by atoms with Gasteiger partial charge in [-0.15, -0.1) is 0 Å². The van der Waals surface area contributed by atoms with Crippen LogP contribution < -0.4 is 10.6 Å². The van der Waals surface area contributed by atoms with Crippen molar-refractivity contribution >= 4 is 29.1 Å². The molecule has 1 atom stereocenters. The van der Waals surface area contributed by atoms with Crippen LogP contribution in [0.2, 0.25) is 5.02 Å². The lowest BCUT2D eigenvalue weighted by Crippen LogP contribution is -2.31. The largest absolute Gasteiger partial charge is 0.416 e. The summed E-state index contributed by atoms with van der Waals surface area (Å²) >= 11 is 5.88. The average Bonchev–Trinajstić information content (AvgIpc) is 3.16. The van der Waals surface area contributed by atoms with Gasteiger partial charge in [0.25, 0.3) is 5.91 Å². The molecule has 2 heterocycles. The Morgan fingerprint density at radius 3 is 2.43 bits per heavy atom. The number of anilines is 2. The zero-order chi connectivity index (χ0) is 21.5. The second-order valence-corrected chi connectivity index (χ2v) is 7.11. The monoisotopic (exact) mass is 433 g/mol. The Morgan fingerprint density at radius 1 is 1.13 bits per heavy atom. The standard InChI is InChI=1S/C20H15ClF3N5O/c1-11-16(18(30)28-15-8-6-14(21)7-9-15)17(29-19(27-11)25-10-26-29)12-2-4-13(5-3-12)20(22,23)24/h2-10,17H,1H3,(H,28,30)(H,25,26,27). The molecule has 0 spiro atoms. The van der Waals surface area contributed by atoms with E-state index < -0.39 is 23.7 Å². The lowest BCUT2D eigenvalue weighted by atomic mass is 9.94. The van der Waals surface area contributed by atoms with Crippen molar-refractivity contribution in [2.24, 2.45) is 0 Å². The number of amides is 1. The van der Waals surface area contributed by atoms with Crippen molar-refractivity contribution in [2.75, 3.05) is 10.6 Å². The molecule has 0 aliphatic carbocycles. The van der Waals surface area contributed by atoms with Crippen LogP contribution in [0.5, 0.6) is 0 Å². The Labute approximate surface area is 174 Å². The van der Waals surface area contributed by atoms with Gasteiger partial charge in [0.1, 0.15) is 12.4 Å². The molecule has 10 heteroatoms. The molecule has 4 rings (SSSR count). The van der Waals surface area contributed by atoms with E-state index >= 15 is 0 Å². The summed E-state index contributed by atoms with van der Waals surface area (Å²) in [5, 5.41) is 10.5. The molecule has 1 aliphatic rings. The van der Waals surface area contributed by atoms with E-state index in [9.17, 15) is 18.0 Å². The Balaban J connectivity index is 1.73. The molecule has 2 aromatic carbocycles. The van der Waals surface area contributed by atoms with Crippen molar-refractivity contribution in [2.45, 2.75) is 19.1 Å². The number of nitrogens with zero attached hydrogens (tertiary/aromatic N) is 3. The number of nitrogens with one attached hydrogen (secondary N) is 2. The van der Waals surface area contributed by atoms with Gasteiger partial charge in [-0.1, -0.05) is 23.7 Å². The van der Waals surface area contributed by atoms with Crippen molar-refractivity contribution in [3.8, 4) is 0 Å². The number of benzene rings is 2. The van der Waals surface area contributed by atoms with Gasteiger partial charge >= 0.3 is 6.18 Å². The zero-order valence-corrected chi connectivity index (χ0v) is 16.3. The van der Waals surface area contributed by atoms with Crippen LogP contribution in [0.15, 0.2) is 66.1 Å². The van der Waals surface area contributed by atoms with Gasteiger partial charge in [0.15, 0.2) is 0 Å². The number of alkyl halides is 3. The maximum Gasteiger partial charge on any atom is 0.416 e. The summed E-state index contributed by atoms with van der Waals surface area (Å²) in [4.78, 5) is 17.2. The number of hydrogen-bond acceptors (Lipinski definition) is 4. The zero-order valence-electron chi connectivity index (χ0n) is 15.5. The summed E-state index contributed by atoms with van der Waals surface area (Å²) in [6.45, 7) is 1.70. The maximum absolute atomic E-state index is 13.1. The highest BCUT2D eigenvalue weighted by Crippen LogP contribution is 2.37. The summed E-state index contributed by atoms with van der Waals surface area (Å²) in [6, 6.07) is 10.5. The SMILES string of the molecule is CC1=C(C(=O)Nc2ccc(Cl)cc2)C(c2ccc(C(F)(F)F)cc2)n2ncnc2N1. The molecule has 1 aliphatic heterocycles. The molecule has 0 radical (unpaired) electrons. The Hall–Kier alpha value is -3.33. The van der Waals surface area contributed by atoms with Gasteiger partial charge in [-0.3, -0.25) is 4.79 Å². The maximum atomic E-state index is 13.1. The van der Waals surface area contributed by atoms with Crippen molar-refractivity contribution in [1.82, 2.24) is 14.8 Å². The van der Waals surface area contributed by atoms with E-state index in [-0.39, 0.29) is 0 Å². The minimum Gasteiger partial charge on any atom is -0.328 e. The van der Waals surface area contributed by atoms with E-state index in [1.807, 2.05) is 0 Å². The van der Waals surface area contributed by atoms with Crippen LogP contribution in [0.1, 0.15) is 24.1 Å². The number of fused-ring (bicyclic) bond motifs is 1. The highest BCUT2D eigenvalue weighted by Gasteiger charge is 2.35. The molecule has 0 bridgehead atoms. The normalized spacial score (nSPS) is 16.1. The second kappa shape index (κ2) is 7.49. The van der Waals surface area contributed by atoms with Crippen molar-refractivity contribution < 1.29 is 18.0 Å². The number of hydrogen-bond donors (Lipinski definition) is 2. The smallest absolute Gasteiger partial charge is 0.328 e. The summed E-state index contributed by atoms with van der Waals surface area (Å²) in [5.74, 6) is -0.0335. The van der Waals surface area contributed by atoms with Crippen LogP contribution in [0, 0.1) is 0 Å². The number of carbonyl (C=O) groups is 1. The summed E-state index contributed by atoms with van der Waals surface area (Å²) in [6.07, 6.45) is -3.14. The number of rotatable bonds is 3. The molecular weight excluding hydrogens is 419 g/mol. The fourth-order valence-corrected chi connectivity index (χ4v) is 3.41. The molecule has 0 saturated heterocycles. The van der Waals surface area contributed by atoms with Crippen molar-refractivity contribution in [3.05, 3.63) is 82.3 Å². The number of halogens is 4. The summed E-state index contributed by atoms with van der Waals surface area (Å²) in [7, 11) is 0. The molecule has 3 aromatic rings. The Kier molecular flexibility index (Phi) is 4.98. The first-order valence-corrected chi connectivity index (χ1v) is 9.23. The first-order valence-electron chi connectivity index (χ1n) is 8.85. The van der Waals surface area contributed by atoms with Crippen molar-refractivity contribution in [3.63, 3.8) is 0 Å². The third-order valence-electron chi connectivity index (χ3n) is 4.69. The van der Waals surface area contributed by atoms with Crippen LogP contribution in [0.25, 0.3) is 0 Å². The molecule has 154 valence electrons. The predicted octanol–water partition coefficient (Wildman–Crippen LogP) is 4.88. The van der Waals surface area contributed by atoms with Gasteiger partial charge < -0.3 is 10.6 Å². The molecule has 1 aromatic heterocycles. The third kappa shape index (κ3) is 3.76. The van der Waals surface area contributed by atoms with Crippen LogP contribution in [-0.4, -0.2) is 20.7 Å². The Morgan fingerprint density at radius 2 is 1.80 bits per heavy atom. The molecule has 0 fully saturated rings. The number of aromatic nitrogens is 3. The van der Waals surface area contributed by atoms with Crippen LogP contribution in [0.4, 0.5) is 24.8 Å². The van der Waals surface area contributed by atoms with E-state index in [0.717, 1.165) is 12.1 Å². The van der Waals surface area contributed by atoms with Crippen molar-refractivity contribution in [1.29, 1.82) is 0 Å². The highest BCUT2D eigenvalue weighted by atomic mass is 35.5. The number of allylic oxidation sites excluding steroid dienone is 1. The molecule has 30 heavy (non-hydrogen) atoms. The molecule has 1 amide bonds. The second-order valence-electron chi connectivity index (χ2n) is 6.68. The summed E-state index contributed by atoms with van der Waals surface area (Å²) in [5.41, 5.74) is 1.05. The molecule has 0 saturated carbocycles. The predicted molar refractivity (Wildman–Crippen MR) is 106 cm³/mol. The third-order valence-corrected chi connectivity index (χ3v) is 4.95. The van der Waals surface area contributed by atoms with E-state index in [4.69, 9.17) is 11.6 Å². The van der Waals surface area contributed by atoms with Gasteiger partial charge in [0.05, 0.1) is 11.1 Å². The van der Waals surface area contributed by atoms with E-state index in [2.05, 4.69) is 20.7 Å². The van der Waals surface area contributed by atoms with Crippen LogP contribution >= 0.6 is 11.6 Å². The molecule has 1 unspecified atom stereocenters. The summed E-state index contributed by atoms with van der Waals surface area (Å²) < 4.78 is 40.4. The van der Waals surface area contributed by atoms with Crippen LogP contribution in [0.3, 0.4) is 0 Å². The van der Waals surface area contributed by atoms with Gasteiger partial charge in [0, 0.05) is 16.4 Å². The van der Waals surface area contributed by atoms with Gasteiger partial charge in [-0.05, 0) is 48.9 Å². The lowest BCUT2D eigenvalue weighted by molar-refractivity contribution is -0.137. The Bertz CT molecular complexity index is 1120. The number of carbonyl (C=O) groups excluding carboxylic acids is 1. The van der Waals surface area contributed by atoms with Gasteiger partial charge in [-0.2, -0.15) is 23.3 Å². The highest BCUT2D eigenvalue weighted by molar-refractivity contribution is 6.30. The lowest BCUT2D eigenvalue weighted by Gasteiger charge is -2.29. The average molecular weight is 434 g/mol. The van der Waals surface area contributed by atoms with E-state index in [0.29, 0.717) is 33.5 Å². The first kappa shape index (κ1) is 20.0. The minimum atomic E-state index is -4.45. The molecule has 2 N–H and O–H groups in total.